The molecule has 0 radical (unpaired) electrons. The molecule has 0 aromatic heterocycles. The van der Waals surface area contributed by atoms with Crippen molar-refractivity contribution in [3.8, 4) is 0 Å². The molecular weight excluding hydrogens is 338 g/mol. The van der Waals surface area contributed by atoms with Gasteiger partial charge in [-0.15, -0.1) is 0 Å². The second kappa shape index (κ2) is 6.04. The Kier molecular flexibility index (Phi) is 3.46. The highest BCUT2D eigenvalue weighted by molar-refractivity contribution is 6.12. The van der Waals surface area contributed by atoms with Crippen LogP contribution in [0.25, 0.3) is 0 Å². The molecule has 28 heavy (non-hydrogen) atoms. The highest BCUT2D eigenvalue weighted by atomic mass is 14.9. The quantitative estimate of drug-likeness (QED) is 0.470. The van der Waals surface area contributed by atoms with Crippen LogP contribution in [0, 0.1) is 0 Å². The third-order valence-electron chi connectivity index (χ3n) is 6.91. The first-order valence-electron chi connectivity index (χ1n) is 10.4. The van der Waals surface area contributed by atoms with Gasteiger partial charge in [0, 0.05) is 5.92 Å². The largest absolute Gasteiger partial charge is 0.279 e. The van der Waals surface area contributed by atoms with Crippen LogP contribution in [0.15, 0.2) is 102 Å². The van der Waals surface area contributed by atoms with Gasteiger partial charge in [-0.1, -0.05) is 96.6 Å². The van der Waals surface area contributed by atoms with E-state index in [-0.39, 0.29) is 11.5 Å². The van der Waals surface area contributed by atoms with E-state index in [2.05, 4.69) is 91.0 Å². The maximum atomic E-state index is 5.51. The van der Waals surface area contributed by atoms with Gasteiger partial charge < -0.3 is 0 Å². The predicted molar refractivity (Wildman–Crippen MR) is 115 cm³/mol. The van der Waals surface area contributed by atoms with Crippen molar-refractivity contribution >= 4 is 5.71 Å². The van der Waals surface area contributed by atoms with Gasteiger partial charge in [-0.2, -0.15) is 0 Å². The molecule has 2 bridgehead atoms. The Balaban J connectivity index is 1.67. The molecule has 1 fully saturated rings. The summed E-state index contributed by atoms with van der Waals surface area (Å²) < 4.78 is 0. The highest BCUT2D eigenvalue weighted by Crippen LogP contribution is 2.58. The fraction of sp³-hybridized carbons (Fsp3) is 0.222. The van der Waals surface area contributed by atoms with Gasteiger partial charge in [0.2, 0.25) is 0 Å². The fourth-order valence-electron chi connectivity index (χ4n) is 5.76. The van der Waals surface area contributed by atoms with Crippen molar-refractivity contribution in [2.75, 3.05) is 0 Å². The van der Waals surface area contributed by atoms with Crippen molar-refractivity contribution in [3.05, 3.63) is 119 Å². The van der Waals surface area contributed by atoms with Crippen molar-refractivity contribution in [3.63, 3.8) is 0 Å². The molecule has 1 heteroatoms. The number of fused-ring (bicyclic) bond motifs is 1. The minimum absolute atomic E-state index is 0.0437. The molecular formula is C27H23N. The smallest absolute Gasteiger partial charge is 0.0859 e. The molecule has 1 saturated carbocycles. The molecule has 136 valence electrons. The zero-order valence-electron chi connectivity index (χ0n) is 15.9. The van der Waals surface area contributed by atoms with E-state index in [4.69, 9.17) is 4.99 Å². The van der Waals surface area contributed by atoms with Gasteiger partial charge in [0.25, 0.3) is 0 Å². The van der Waals surface area contributed by atoms with Crippen LogP contribution in [0.1, 0.15) is 53.5 Å². The maximum Gasteiger partial charge on any atom is 0.0859 e. The SMILES string of the molecule is C1=C2CCCC23C(c2ccccc2)=NC(c2ccccc23)C1c1ccccc1. The molecule has 2 heterocycles. The summed E-state index contributed by atoms with van der Waals surface area (Å²) >= 11 is 0. The molecule has 7 rings (SSSR count). The third kappa shape index (κ3) is 2.10. The normalized spacial score (nSPS) is 27.4. The number of rotatable bonds is 2. The lowest BCUT2D eigenvalue weighted by atomic mass is 9.67. The lowest BCUT2D eigenvalue weighted by Gasteiger charge is -2.39. The monoisotopic (exact) mass is 361 g/mol. The van der Waals surface area contributed by atoms with Gasteiger partial charge >= 0.3 is 0 Å². The van der Waals surface area contributed by atoms with Gasteiger partial charge in [-0.3, -0.25) is 4.99 Å². The molecule has 2 aliphatic heterocycles. The van der Waals surface area contributed by atoms with Crippen molar-refractivity contribution in [1.29, 1.82) is 0 Å². The van der Waals surface area contributed by atoms with Crippen LogP contribution >= 0.6 is 0 Å². The Morgan fingerprint density at radius 3 is 2.32 bits per heavy atom. The van der Waals surface area contributed by atoms with Crippen LogP contribution < -0.4 is 0 Å². The van der Waals surface area contributed by atoms with E-state index in [1.165, 1.54) is 40.8 Å². The molecule has 3 aromatic carbocycles. The van der Waals surface area contributed by atoms with Gasteiger partial charge in [0.05, 0.1) is 17.2 Å². The zero-order chi connectivity index (χ0) is 18.6. The first kappa shape index (κ1) is 16.1. The minimum atomic E-state index is -0.0437. The first-order chi connectivity index (χ1) is 13.9. The van der Waals surface area contributed by atoms with Crippen molar-refractivity contribution < 1.29 is 0 Å². The number of aliphatic imine (C=N–C) groups is 1. The highest BCUT2D eigenvalue weighted by Gasteiger charge is 2.52. The first-order valence-corrected chi connectivity index (χ1v) is 10.4. The van der Waals surface area contributed by atoms with E-state index in [9.17, 15) is 0 Å². The topological polar surface area (TPSA) is 12.4 Å². The molecule has 4 aliphatic rings. The summed E-state index contributed by atoms with van der Waals surface area (Å²) in [6.45, 7) is 0. The number of hydrogen-bond donors (Lipinski definition) is 0. The molecule has 0 N–H and O–H groups in total. The molecule has 1 spiro atoms. The lowest BCUT2D eigenvalue weighted by Crippen LogP contribution is -2.38. The Hall–Kier alpha value is -2.93. The molecule has 1 nitrogen and oxygen atoms in total. The standard InChI is InChI=1S/C27H23N/c1-3-10-19(11-4-1)23-18-21-14-9-17-27(21)24-16-8-7-15-22(24)25(23)28-26(27)20-12-5-2-6-13-20/h1-8,10-13,15-16,18,23,25H,9,14,17H2. The van der Waals surface area contributed by atoms with E-state index in [1.807, 2.05) is 0 Å². The average molecular weight is 361 g/mol. The minimum Gasteiger partial charge on any atom is -0.279 e. The van der Waals surface area contributed by atoms with Crippen LogP contribution in [-0.2, 0) is 5.41 Å². The maximum absolute atomic E-state index is 5.51. The summed E-state index contributed by atoms with van der Waals surface area (Å²) in [7, 11) is 0. The van der Waals surface area contributed by atoms with E-state index in [0.717, 1.165) is 6.42 Å². The third-order valence-corrected chi connectivity index (χ3v) is 6.91. The van der Waals surface area contributed by atoms with Crippen molar-refractivity contribution in [2.45, 2.75) is 36.6 Å². The van der Waals surface area contributed by atoms with Gasteiger partial charge in [-0.05, 0) is 41.5 Å². The molecule has 2 aliphatic carbocycles. The molecule has 0 amide bonds. The van der Waals surface area contributed by atoms with Crippen LogP contribution in [0.5, 0.6) is 0 Å². The van der Waals surface area contributed by atoms with Crippen LogP contribution in [0.2, 0.25) is 0 Å². The zero-order valence-corrected chi connectivity index (χ0v) is 15.9. The lowest BCUT2D eigenvalue weighted by molar-refractivity contribution is 0.599. The number of benzene rings is 3. The summed E-state index contributed by atoms with van der Waals surface area (Å²) in [5.41, 5.74) is 8.40. The van der Waals surface area contributed by atoms with Crippen LogP contribution in [-0.4, -0.2) is 5.71 Å². The predicted octanol–water partition coefficient (Wildman–Crippen LogP) is 6.38. The van der Waals surface area contributed by atoms with Crippen LogP contribution in [0.4, 0.5) is 0 Å². The van der Waals surface area contributed by atoms with E-state index in [1.54, 1.807) is 5.57 Å². The number of hydrogen-bond acceptors (Lipinski definition) is 1. The van der Waals surface area contributed by atoms with Crippen molar-refractivity contribution in [1.82, 2.24) is 0 Å². The fourth-order valence-corrected chi connectivity index (χ4v) is 5.76. The average Bonchev–Trinajstić information content (AvgIpc) is 3.07. The summed E-state index contributed by atoms with van der Waals surface area (Å²) in [5, 5.41) is 0. The van der Waals surface area contributed by atoms with Crippen molar-refractivity contribution in [2.24, 2.45) is 4.99 Å². The summed E-state index contributed by atoms with van der Waals surface area (Å²) in [6.07, 6.45) is 6.15. The Morgan fingerprint density at radius 2 is 1.50 bits per heavy atom. The van der Waals surface area contributed by atoms with Gasteiger partial charge in [-0.25, -0.2) is 0 Å². The molecule has 3 unspecified atom stereocenters. The second-order valence-corrected chi connectivity index (χ2v) is 8.26. The Bertz CT molecular complexity index is 1090. The molecule has 3 aromatic rings. The summed E-state index contributed by atoms with van der Waals surface area (Å²) in [5.74, 6) is 0.304. The molecule has 0 saturated heterocycles. The number of allylic oxidation sites excluding steroid dienone is 1. The second-order valence-electron chi connectivity index (χ2n) is 8.26. The Labute approximate surface area is 166 Å². The van der Waals surface area contributed by atoms with E-state index < -0.39 is 0 Å². The van der Waals surface area contributed by atoms with Gasteiger partial charge in [0.1, 0.15) is 0 Å². The molecule has 3 atom stereocenters. The number of nitrogens with zero attached hydrogens (tertiary/aromatic N) is 1. The van der Waals surface area contributed by atoms with E-state index in [0.29, 0.717) is 5.92 Å². The van der Waals surface area contributed by atoms with E-state index >= 15 is 0 Å². The van der Waals surface area contributed by atoms with Crippen LogP contribution in [0.3, 0.4) is 0 Å². The summed E-state index contributed by atoms with van der Waals surface area (Å²) in [4.78, 5) is 5.51. The summed E-state index contributed by atoms with van der Waals surface area (Å²) in [6, 6.07) is 31.1. The van der Waals surface area contributed by atoms with Gasteiger partial charge in [0.15, 0.2) is 0 Å². The Morgan fingerprint density at radius 1 is 0.786 bits per heavy atom.